The Morgan fingerprint density at radius 3 is 2.27 bits per heavy atom. The van der Waals surface area contributed by atoms with Crippen LogP contribution in [0.15, 0.2) is 30.8 Å². The van der Waals surface area contributed by atoms with E-state index in [1.807, 2.05) is 19.1 Å². The number of carbonyl (C=O) groups is 1. The number of carbonyl (C=O) groups excluding carboxylic acids is 1. The van der Waals surface area contributed by atoms with Gasteiger partial charge in [-0.15, -0.1) is 0 Å². The molecule has 0 aliphatic heterocycles. The molecule has 0 amide bonds. The van der Waals surface area contributed by atoms with Crippen LogP contribution < -0.4 is 0 Å². The van der Waals surface area contributed by atoms with Gasteiger partial charge in [-0.1, -0.05) is 24.3 Å². The molecule has 0 spiro atoms. The van der Waals surface area contributed by atoms with Crippen molar-refractivity contribution in [3.05, 3.63) is 42.0 Å². The molecule has 0 fully saturated rings. The molecular weight excluding hydrogens is 192 g/mol. The third-order valence-corrected chi connectivity index (χ3v) is 1.92. The van der Waals surface area contributed by atoms with Crippen molar-refractivity contribution in [3.8, 4) is 0 Å². The maximum atomic E-state index is 11.4. The molecule has 0 aromatic heterocycles. The summed E-state index contributed by atoms with van der Waals surface area (Å²) in [7, 11) is 1.47. The molecular formula is C12H14O3. The summed E-state index contributed by atoms with van der Waals surface area (Å²) >= 11 is 0. The first-order chi connectivity index (χ1) is 7.15. The van der Waals surface area contributed by atoms with E-state index in [4.69, 9.17) is 4.74 Å². The smallest absolute Gasteiger partial charge is 0.340 e. The molecule has 3 nitrogen and oxygen atoms in total. The van der Waals surface area contributed by atoms with Gasteiger partial charge in [-0.3, -0.25) is 0 Å². The second kappa shape index (κ2) is 5.32. The minimum atomic E-state index is -0.384. The SMILES string of the molecule is C=C(C)c1ccc(C(=O)OCOC)cc1. The number of hydrogen-bond donors (Lipinski definition) is 0. The van der Waals surface area contributed by atoms with Crippen LogP contribution in [0.4, 0.5) is 0 Å². The van der Waals surface area contributed by atoms with Gasteiger partial charge in [0.2, 0.25) is 0 Å². The maximum Gasteiger partial charge on any atom is 0.340 e. The largest absolute Gasteiger partial charge is 0.435 e. The van der Waals surface area contributed by atoms with Crippen LogP contribution in [0.3, 0.4) is 0 Å². The number of benzene rings is 1. The highest BCUT2D eigenvalue weighted by molar-refractivity contribution is 5.89. The van der Waals surface area contributed by atoms with Crippen molar-refractivity contribution in [2.24, 2.45) is 0 Å². The van der Waals surface area contributed by atoms with Crippen molar-refractivity contribution in [1.29, 1.82) is 0 Å². The summed E-state index contributed by atoms with van der Waals surface area (Å²) in [5, 5.41) is 0. The molecule has 0 aliphatic rings. The zero-order chi connectivity index (χ0) is 11.3. The number of allylic oxidation sites excluding steroid dienone is 1. The van der Waals surface area contributed by atoms with Crippen LogP contribution in [0.5, 0.6) is 0 Å². The molecule has 15 heavy (non-hydrogen) atoms. The molecule has 0 atom stereocenters. The number of rotatable bonds is 4. The minimum absolute atomic E-state index is 0.0267. The standard InChI is InChI=1S/C12H14O3/c1-9(2)10-4-6-11(7-5-10)12(13)15-8-14-3/h4-7H,1,8H2,2-3H3. The maximum absolute atomic E-state index is 11.4. The number of hydrogen-bond acceptors (Lipinski definition) is 3. The van der Waals surface area contributed by atoms with Crippen molar-refractivity contribution in [2.45, 2.75) is 6.92 Å². The summed E-state index contributed by atoms with van der Waals surface area (Å²) in [6.07, 6.45) is 0. The molecule has 0 saturated heterocycles. The van der Waals surface area contributed by atoms with Gasteiger partial charge in [0, 0.05) is 7.11 Å². The van der Waals surface area contributed by atoms with Crippen molar-refractivity contribution >= 4 is 11.5 Å². The van der Waals surface area contributed by atoms with E-state index in [0.29, 0.717) is 5.56 Å². The van der Waals surface area contributed by atoms with Crippen LogP contribution >= 0.6 is 0 Å². The van der Waals surface area contributed by atoms with E-state index >= 15 is 0 Å². The normalized spacial score (nSPS) is 9.73. The Kier molecular flexibility index (Phi) is 4.06. The predicted molar refractivity (Wildman–Crippen MR) is 58.4 cm³/mol. The Bertz CT molecular complexity index is 352. The van der Waals surface area contributed by atoms with Crippen molar-refractivity contribution < 1.29 is 14.3 Å². The first-order valence-corrected chi connectivity index (χ1v) is 4.57. The highest BCUT2D eigenvalue weighted by Gasteiger charge is 2.06. The minimum Gasteiger partial charge on any atom is -0.435 e. The fraction of sp³-hybridized carbons (Fsp3) is 0.250. The van der Waals surface area contributed by atoms with E-state index in [1.54, 1.807) is 12.1 Å². The van der Waals surface area contributed by atoms with E-state index in [0.717, 1.165) is 11.1 Å². The van der Waals surface area contributed by atoms with Crippen LogP contribution in [0.1, 0.15) is 22.8 Å². The molecule has 0 aliphatic carbocycles. The van der Waals surface area contributed by atoms with Gasteiger partial charge in [0.1, 0.15) is 0 Å². The first-order valence-electron chi connectivity index (χ1n) is 4.57. The van der Waals surface area contributed by atoms with Gasteiger partial charge in [0.25, 0.3) is 0 Å². The van der Waals surface area contributed by atoms with Gasteiger partial charge in [-0.2, -0.15) is 0 Å². The topological polar surface area (TPSA) is 35.5 Å². The van der Waals surface area contributed by atoms with Gasteiger partial charge in [-0.25, -0.2) is 4.79 Å². The van der Waals surface area contributed by atoms with E-state index < -0.39 is 0 Å². The van der Waals surface area contributed by atoms with Gasteiger partial charge >= 0.3 is 5.97 Å². The molecule has 0 saturated carbocycles. The van der Waals surface area contributed by atoms with Crippen LogP contribution in [0.2, 0.25) is 0 Å². The zero-order valence-electron chi connectivity index (χ0n) is 8.95. The molecule has 0 unspecified atom stereocenters. The van der Waals surface area contributed by atoms with Crippen LogP contribution in [-0.2, 0) is 9.47 Å². The number of methoxy groups -OCH3 is 1. The van der Waals surface area contributed by atoms with E-state index in [9.17, 15) is 4.79 Å². The second-order valence-corrected chi connectivity index (χ2v) is 3.20. The van der Waals surface area contributed by atoms with Gasteiger partial charge in [-0.05, 0) is 24.6 Å². The lowest BCUT2D eigenvalue weighted by atomic mass is 10.1. The third-order valence-electron chi connectivity index (χ3n) is 1.92. The molecule has 0 heterocycles. The summed E-state index contributed by atoms with van der Waals surface area (Å²) in [4.78, 5) is 11.4. The first kappa shape index (κ1) is 11.5. The van der Waals surface area contributed by atoms with E-state index in [1.165, 1.54) is 7.11 Å². The highest BCUT2D eigenvalue weighted by Crippen LogP contribution is 2.12. The highest BCUT2D eigenvalue weighted by atomic mass is 16.7. The summed E-state index contributed by atoms with van der Waals surface area (Å²) < 4.78 is 9.43. The second-order valence-electron chi connectivity index (χ2n) is 3.20. The van der Waals surface area contributed by atoms with Crippen LogP contribution in [-0.4, -0.2) is 19.9 Å². The molecule has 0 radical (unpaired) electrons. The molecule has 1 aromatic carbocycles. The van der Waals surface area contributed by atoms with E-state index in [2.05, 4.69) is 11.3 Å². The van der Waals surface area contributed by atoms with E-state index in [-0.39, 0.29) is 12.8 Å². The quantitative estimate of drug-likeness (QED) is 0.560. The van der Waals surface area contributed by atoms with Crippen LogP contribution in [0.25, 0.3) is 5.57 Å². The summed E-state index contributed by atoms with van der Waals surface area (Å²) in [6, 6.07) is 7.10. The lowest BCUT2D eigenvalue weighted by molar-refractivity contribution is -0.0125. The van der Waals surface area contributed by atoms with Crippen LogP contribution in [0, 0.1) is 0 Å². The monoisotopic (exact) mass is 206 g/mol. The van der Waals surface area contributed by atoms with Gasteiger partial charge in [0.05, 0.1) is 5.56 Å². The molecule has 3 heteroatoms. The Morgan fingerprint density at radius 2 is 1.80 bits per heavy atom. The van der Waals surface area contributed by atoms with Crippen molar-refractivity contribution in [3.63, 3.8) is 0 Å². The average Bonchev–Trinajstić information content (AvgIpc) is 2.26. The van der Waals surface area contributed by atoms with Gasteiger partial charge < -0.3 is 9.47 Å². The Morgan fingerprint density at radius 1 is 1.27 bits per heavy atom. The molecule has 0 bridgehead atoms. The molecule has 1 rings (SSSR count). The molecule has 80 valence electrons. The fourth-order valence-corrected chi connectivity index (χ4v) is 1.09. The lowest BCUT2D eigenvalue weighted by Crippen LogP contribution is -2.07. The zero-order valence-corrected chi connectivity index (χ0v) is 8.95. The number of ether oxygens (including phenoxy) is 2. The predicted octanol–water partition coefficient (Wildman–Crippen LogP) is 2.48. The molecule has 1 aromatic rings. The third kappa shape index (κ3) is 3.22. The lowest BCUT2D eigenvalue weighted by Gasteiger charge is -2.04. The van der Waals surface area contributed by atoms with Gasteiger partial charge in [0.15, 0.2) is 6.79 Å². The van der Waals surface area contributed by atoms with Crippen molar-refractivity contribution in [2.75, 3.05) is 13.9 Å². The average molecular weight is 206 g/mol. The summed E-state index contributed by atoms with van der Waals surface area (Å²) in [5.74, 6) is -0.384. The number of esters is 1. The summed E-state index contributed by atoms with van der Waals surface area (Å²) in [6.45, 7) is 5.70. The Labute approximate surface area is 89.3 Å². The molecule has 0 N–H and O–H groups in total. The fourth-order valence-electron chi connectivity index (χ4n) is 1.09. The van der Waals surface area contributed by atoms with Crippen molar-refractivity contribution in [1.82, 2.24) is 0 Å². The Balaban J connectivity index is 2.71. The Hall–Kier alpha value is -1.61. The summed E-state index contributed by atoms with van der Waals surface area (Å²) in [5.41, 5.74) is 2.49.